The van der Waals surface area contributed by atoms with Crippen molar-refractivity contribution >= 4 is 22.8 Å². The van der Waals surface area contributed by atoms with Gasteiger partial charge in [0, 0.05) is 23.5 Å². The molecular formula is C16H21N3OS. The van der Waals surface area contributed by atoms with Gasteiger partial charge in [0.25, 0.3) is 0 Å². The van der Waals surface area contributed by atoms with Crippen LogP contribution >= 0.6 is 11.8 Å². The summed E-state index contributed by atoms with van der Waals surface area (Å²) in [6.07, 6.45) is 1.08. The molecular weight excluding hydrogens is 282 g/mol. The van der Waals surface area contributed by atoms with Crippen molar-refractivity contribution in [3.8, 4) is 5.75 Å². The van der Waals surface area contributed by atoms with Crippen LogP contribution in [0.3, 0.4) is 0 Å². The number of hydrogen-bond donors (Lipinski definition) is 0. The van der Waals surface area contributed by atoms with Crippen molar-refractivity contribution in [3.05, 3.63) is 23.8 Å². The summed E-state index contributed by atoms with van der Waals surface area (Å²) >= 11 is 1.73. The Morgan fingerprint density at radius 1 is 1.33 bits per heavy atom. The summed E-state index contributed by atoms with van der Waals surface area (Å²) in [5, 5.41) is 1.05. The van der Waals surface area contributed by atoms with Gasteiger partial charge in [-0.2, -0.15) is 0 Å². The van der Waals surface area contributed by atoms with Crippen LogP contribution in [0.5, 0.6) is 5.75 Å². The molecule has 0 radical (unpaired) electrons. The molecule has 4 nitrogen and oxygen atoms in total. The van der Waals surface area contributed by atoms with Gasteiger partial charge in [-0.05, 0) is 45.4 Å². The molecule has 112 valence electrons. The summed E-state index contributed by atoms with van der Waals surface area (Å²) < 4.78 is 5.35. The lowest BCUT2D eigenvalue weighted by molar-refractivity contribution is 0.414. The average Bonchev–Trinajstić information content (AvgIpc) is 2.45. The third-order valence-electron chi connectivity index (χ3n) is 3.35. The fourth-order valence-electron chi connectivity index (χ4n) is 2.45. The zero-order chi connectivity index (χ0) is 15.0. The molecule has 0 fully saturated rings. The van der Waals surface area contributed by atoms with Crippen molar-refractivity contribution in [2.24, 2.45) is 9.98 Å². The molecule has 0 amide bonds. The maximum absolute atomic E-state index is 5.35. The van der Waals surface area contributed by atoms with E-state index in [1.807, 2.05) is 6.07 Å². The molecule has 21 heavy (non-hydrogen) atoms. The van der Waals surface area contributed by atoms with E-state index < -0.39 is 0 Å². The van der Waals surface area contributed by atoms with Crippen molar-refractivity contribution in [3.63, 3.8) is 0 Å². The van der Waals surface area contributed by atoms with Gasteiger partial charge < -0.3 is 9.64 Å². The highest BCUT2D eigenvalue weighted by Crippen LogP contribution is 2.36. The minimum absolute atomic E-state index is 0.0884. The molecule has 0 saturated heterocycles. The number of nitrogens with zero attached hydrogens (tertiary/aromatic N) is 3. The molecule has 2 aliphatic rings. The number of methoxy groups -OCH3 is 1. The van der Waals surface area contributed by atoms with Crippen LogP contribution in [0.2, 0.25) is 0 Å². The lowest BCUT2D eigenvalue weighted by Crippen LogP contribution is -2.43. The summed E-state index contributed by atoms with van der Waals surface area (Å²) in [6, 6.07) is 6.18. The molecule has 2 heterocycles. The summed E-state index contributed by atoms with van der Waals surface area (Å²) in [6.45, 7) is 8.26. The third kappa shape index (κ3) is 2.93. The van der Waals surface area contributed by atoms with Gasteiger partial charge in [-0.15, -0.1) is 0 Å². The lowest BCUT2D eigenvalue weighted by atomic mass is 10.1. The Labute approximate surface area is 130 Å². The highest BCUT2D eigenvalue weighted by Gasteiger charge is 2.31. The molecule has 5 heteroatoms. The largest absolute Gasteiger partial charge is 0.497 e. The van der Waals surface area contributed by atoms with E-state index in [-0.39, 0.29) is 5.54 Å². The van der Waals surface area contributed by atoms with Gasteiger partial charge in [-0.1, -0.05) is 11.8 Å². The van der Waals surface area contributed by atoms with Crippen molar-refractivity contribution in [1.82, 2.24) is 4.90 Å². The Bertz CT molecular complexity index is 616. The molecule has 0 atom stereocenters. The molecule has 0 aliphatic carbocycles. The Hall–Kier alpha value is -1.49. The minimum atomic E-state index is -0.0884. The van der Waals surface area contributed by atoms with Crippen LogP contribution in [0.1, 0.15) is 32.8 Å². The molecule has 0 saturated carbocycles. The molecule has 1 aromatic rings. The van der Waals surface area contributed by atoms with E-state index in [0.29, 0.717) is 0 Å². The third-order valence-corrected chi connectivity index (χ3v) is 4.42. The van der Waals surface area contributed by atoms with Gasteiger partial charge in [0.2, 0.25) is 0 Å². The van der Waals surface area contributed by atoms with Crippen LogP contribution in [0.4, 0.5) is 0 Å². The van der Waals surface area contributed by atoms with E-state index in [2.05, 4.69) is 37.8 Å². The van der Waals surface area contributed by atoms with E-state index in [9.17, 15) is 0 Å². The maximum atomic E-state index is 5.35. The average molecular weight is 303 g/mol. The monoisotopic (exact) mass is 303 g/mol. The van der Waals surface area contributed by atoms with E-state index in [1.165, 1.54) is 4.90 Å². The second-order valence-electron chi connectivity index (χ2n) is 6.24. The van der Waals surface area contributed by atoms with Gasteiger partial charge in [-0.3, -0.25) is 9.98 Å². The number of fused-ring (bicyclic) bond motifs is 3. The smallest absolute Gasteiger partial charge is 0.170 e. The quantitative estimate of drug-likeness (QED) is 0.798. The zero-order valence-electron chi connectivity index (χ0n) is 13.0. The molecule has 0 N–H and O–H groups in total. The molecule has 3 rings (SSSR count). The first-order chi connectivity index (χ1) is 9.98. The predicted molar refractivity (Wildman–Crippen MR) is 88.8 cm³/mol. The first-order valence-electron chi connectivity index (χ1n) is 7.26. The van der Waals surface area contributed by atoms with Gasteiger partial charge in [0.1, 0.15) is 11.6 Å². The molecule has 0 unspecified atom stereocenters. The number of rotatable bonds is 1. The highest BCUT2D eigenvalue weighted by molar-refractivity contribution is 8.14. The Morgan fingerprint density at radius 2 is 2.14 bits per heavy atom. The van der Waals surface area contributed by atoms with Crippen LogP contribution in [0.15, 0.2) is 33.1 Å². The van der Waals surface area contributed by atoms with Gasteiger partial charge in [0.05, 0.1) is 12.6 Å². The van der Waals surface area contributed by atoms with E-state index in [0.717, 1.165) is 41.8 Å². The lowest BCUT2D eigenvalue weighted by Gasteiger charge is -2.36. The molecule has 0 bridgehead atoms. The van der Waals surface area contributed by atoms with E-state index in [1.54, 1.807) is 18.9 Å². The number of hydrogen-bond acceptors (Lipinski definition) is 4. The van der Waals surface area contributed by atoms with Crippen molar-refractivity contribution in [1.29, 1.82) is 0 Å². The first-order valence-corrected chi connectivity index (χ1v) is 8.08. The van der Waals surface area contributed by atoms with Gasteiger partial charge in [0.15, 0.2) is 5.17 Å². The Balaban J connectivity index is 2.10. The SMILES string of the molecule is COc1ccc2c(c1)C1=NCCCN1C(=NC(C)(C)C)S2. The van der Waals surface area contributed by atoms with Crippen molar-refractivity contribution in [2.45, 2.75) is 37.6 Å². The van der Waals surface area contributed by atoms with Crippen LogP contribution in [0, 0.1) is 0 Å². The van der Waals surface area contributed by atoms with Crippen molar-refractivity contribution in [2.75, 3.05) is 20.2 Å². The Morgan fingerprint density at radius 3 is 2.86 bits per heavy atom. The number of amidine groups is 2. The van der Waals surface area contributed by atoms with Crippen LogP contribution in [-0.2, 0) is 0 Å². The highest BCUT2D eigenvalue weighted by atomic mass is 32.2. The topological polar surface area (TPSA) is 37.2 Å². The molecule has 2 aliphatic heterocycles. The van der Waals surface area contributed by atoms with E-state index in [4.69, 9.17) is 14.7 Å². The second-order valence-corrected chi connectivity index (χ2v) is 7.25. The minimum Gasteiger partial charge on any atom is -0.497 e. The summed E-state index contributed by atoms with van der Waals surface area (Å²) in [4.78, 5) is 13.1. The van der Waals surface area contributed by atoms with Crippen LogP contribution in [-0.4, -0.2) is 41.6 Å². The molecule has 0 spiro atoms. The Kier molecular flexibility index (Phi) is 3.69. The van der Waals surface area contributed by atoms with Crippen LogP contribution in [0.25, 0.3) is 0 Å². The van der Waals surface area contributed by atoms with Crippen molar-refractivity contribution < 1.29 is 4.74 Å². The fourth-order valence-corrected chi connectivity index (χ4v) is 3.65. The summed E-state index contributed by atoms with van der Waals surface area (Å²) in [5.74, 6) is 1.91. The predicted octanol–water partition coefficient (Wildman–Crippen LogP) is 3.41. The van der Waals surface area contributed by atoms with E-state index >= 15 is 0 Å². The maximum Gasteiger partial charge on any atom is 0.170 e. The van der Waals surface area contributed by atoms with Gasteiger partial charge >= 0.3 is 0 Å². The zero-order valence-corrected chi connectivity index (χ0v) is 13.8. The summed E-state index contributed by atoms with van der Waals surface area (Å²) in [7, 11) is 1.70. The fraction of sp³-hybridized carbons (Fsp3) is 0.500. The normalized spacial score (nSPS) is 19.9. The molecule has 1 aromatic carbocycles. The van der Waals surface area contributed by atoms with Crippen LogP contribution < -0.4 is 4.74 Å². The second kappa shape index (κ2) is 5.37. The standard InChI is InChI=1S/C16H21N3OS/c1-16(2,3)18-15-19-9-5-8-17-14(19)12-10-11(20-4)6-7-13(12)21-15/h6-7,10H,5,8-9H2,1-4H3. The summed E-state index contributed by atoms with van der Waals surface area (Å²) in [5.41, 5.74) is 1.07. The first kappa shape index (κ1) is 14.4. The number of thioether (sulfide) groups is 1. The number of ether oxygens (including phenoxy) is 1. The molecule has 0 aromatic heterocycles. The van der Waals surface area contributed by atoms with Gasteiger partial charge in [-0.25, -0.2) is 0 Å². The number of benzene rings is 1. The number of aliphatic imine (C=N–C) groups is 2.